The number of anilines is 2. The summed E-state index contributed by atoms with van der Waals surface area (Å²) in [6.45, 7) is 5.75. The first kappa shape index (κ1) is 15.0. The molecule has 2 N–H and O–H groups in total. The van der Waals surface area contributed by atoms with Crippen molar-refractivity contribution in [2.45, 2.75) is 13.0 Å². The highest BCUT2D eigenvalue weighted by Gasteiger charge is 2.24. The van der Waals surface area contributed by atoms with Gasteiger partial charge >= 0.3 is 0 Å². The molecule has 116 valence electrons. The van der Waals surface area contributed by atoms with Crippen LogP contribution >= 0.6 is 11.6 Å². The van der Waals surface area contributed by atoms with Gasteiger partial charge in [-0.3, -0.25) is 9.88 Å². The first-order chi connectivity index (χ1) is 10.7. The van der Waals surface area contributed by atoms with Gasteiger partial charge in [-0.1, -0.05) is 17.7 Å². The van der Waals surface area contributed by atoms with Crippen molar-refractivity contribution in [1.82, 2.24) is 19.9 Å². The van der Waals surface area contributed by atoms with Crippen LogP contribution in [-0.4, -0.2) is 46.0 Å². The summed E-state index contributed by atoms with van der Waals surface area (Å²) in [6.07, 6.45) is 3.30. The minimum atomic E-state index is 0.300. The summed E-state index contributed by atoms with van der Waals surface area (Å²) < 4.78 is 0. The SMILES string of the molecule is CC(c1ccccn1)N1CCN(c2ncnc(N)c2Cl)CC1. The average Bonchev–Trinajstić information content (AvgIpc) is 2.58. The lowest BCUT2D eigenvalue weighted by Crippen LogP contribution is -2.47. The third kappa shape index (κ3) is 2.98. The molecule has 0 radical (unpaired) electrons. The van der Waals surface area contributed by atoms with E-state index in [1.54, 1.807) is 0 Å². The van der Waals surface area contributed by atoms with E-state index in [4.69, 9.17) is 17.3 Å². The molecule has 1 aliphatic rings. The maximum atomic E-state index is 6.21. The fourth-order valence-corrected chi connectivity index (χ4v) is 2.94. The lowest BCUT2D eigenvalue weighted by Gasteiger charge is -2.38. The van der Waals surface area contributed by atoms with Crippen molar-refractivity contribution in [2.75, 3.05) is 36.8 Å². The lowest BCUT2D eigenvalue weighted by atomic mass is 10.1. The van der Waals surface area contributed by atoms with Gasteiger partial charge in [0, 0.05) is 38.4 Å². The molecule has 3 heterocycles. The highest BCUT2D eigenvalue weighted by Crippen LogP contribution is 2.28. The Kier molecular flexibility index (Phi) is 4.40. The van der Waals surface area contributed by atoms with Crippen molar-refractivity contribution in [1.29, 1.82) is 0 Å². The van der Waals surface area contributed by atoms with Crippen LogP contribution in [0.5, 0.6) is 0 Å². The summed E-state index contributed by atoms with van der Waals surface area (Å²) >= 11 is 6.21. The predicted molar refractivity (Wildman–Crippen MR) is 87.9 cm³/mol. The van der Waals surface area contributed by atoms with E-state index in [-0.39, 0.29) is 0 Å². The second-order valence-electron chi connectivity index (χ2n) is 5.35. The highest BCUT2D eigenvalue weighted by molar-refractivity contribution is 6.35. The Hall–Kier alpha value is -1.92. The minimum absolute atomic E-state index is 0.300. The highest BCUT2D eigenvalue weighted by atomic mass is 35.5. The van der Waals surface area contributed by atoms with Crippen LogP contribution < -0.4 is 10.6 Å². The number of halogens is 1. The normalized spacial score (nSPS) is 17.5. The Morgan fingerprint density at radius 3 is 2.59 bits per heavy atom. The van der Waals surface area contributed by atoms with E-state index in [0.717, 1.165) is 37.7 Å². The number of nitrogen functional groups attached to an aromatic ring is 1. The molecule has 1 saturated heterocycles. The van der Waals surface area contributed by atoms with E-state index in [1.165, 1.54) is 6.33 Å². The van der Waals surface area contributed by atoms with Gasteiger partial charge in [-0.15, -0.1) is 0 Å². The van der Waals surface area contributed by atoms with E-state index in [2.05, 4.69) is 37.7 Å². The van der Waals surface area contributed by atoms with Crippen LogP contribution in [0.2, 0.25) is 5.02 Å². The molecule has 0 aliphatic carbocycles. The van der Waals surface area contributed by atoms with Gasteiger partial charge in [-0.05, 0) is 19.1 Å². The molecule has 3 rings (SSSR count). The molecule has 1 aliphatic heterocycles. The molecule has 0 aromatic carbocycles. The number of nitrogens with zero attached hydrogens (tertiary/aromatic N) is 5. The number of pyridine rings is 1. The number of hydrogen-bond acceptors (Lipinski definition) is 6. The first-order valence-corrected chi connectivity index (χ1v) is 7.70. The van der Waals surface area contributed by atoms with E-state index >= 15 is 0 Å². The third-order valence-electron chi connectivity index (χ3n) is 4.08. The molecule has 0 spiro atoms. The number of nitrogens with two attached hydrogens (primary N) is 1. The molecule has 1 atom stereocenters. The van der Waals surface area contributed by atoms with Gasteiger partial charge in [0.2, 0.25) is 0 Å². The average molecular weight is 319 g/mol. The summed E-state index contributed by atoms with van der Waals surface area (Å²) in [5.41, 5.74) is 6.85. The molecule has 22 heavy (non-hydrogen) atoms. The van der Waals surface area contributed by atoms with Crippen molar-refractivity contribution >= 4 is 23.2 Å². The summed E-state index contributed by atoms with van der Waals surface area (Å²) in [6, 6.07) is 6.34. The minimum Gasteiger partial charge on any atom is -0.382 e. The van der Waals surface area contributed by atoms with Crippen LogP contribution in [0.4, 0.5) is 11.6 Å². The molecular weight excluding hydrogens is 300 g/mol. The Labute approximate surface area is 134 Å². The Balaban J connectivity index is 1.66. The Bertz CT molecular complexity index is 627. The molecule has 2 aromatic rings. The third-order valence-corrected chi connectivity index (χ3v) is 4.44. The number of piperazine rings is 1. The van der Waals surface area contributed by atoms with Gasteiger partial charge in [0.05, 0.1) is 5.69 Å². The van der Waals surface area contributed by atoms with Crippen molar-refractivity contribution in [3.63, 3.8) is 0 Å². The molecule has 0 saturated carbocycles. The molecule has 6 nitrogen and oxygen atoms in total. The second-order valence-corrected chi connectivity index (χ2v) is 5.73. The fourth-order valence-electron chi connectivity index (χ4n) is 2.73. The second kappa shape index (κ2) is 6.46. The van der Waals surface area contributed by atoms with Crippen molar-refractivity contribution in [2.24, 2.45) is 0 Å². The summed E-state index contributed by atoms with van der Waals surface area (Å²) in [5, 5.41) is 0.439. The zero-order valence-electron chi connectivity index (χ0n) is 12.5. The van der Waals surface area contributed by atoms with Crippen LogP contribution in [0.25, 0.3) is 0 Å². The largest absolute Gasteiger partial charge is 0.382 e. The molecular formula is C15H19ClN6. The van der Waals surface area contributed by atoms with Crippen LogP contribution in [0.15, 0.2) is 30.7 Å². The van der Waals surface area contributed by atoms with Gasteiger partial charge in [0.15, 0.2) is 5.82 Å². The van der Waals surface area contributed by atoms with E-state index in [0.29, 0.717) is 16.9 Å². The van der Waals surface area contributed by atoms with Gasteiger partial charge in [0.1, 0.15) is 17.2 Å². The van der Waals surface area contributed by atoms with Gasteiger partial charge in [0.25, 0.3) is 0 Å². The van der Waals surface area contributed by atoms with E-state index in [1.807, 2.05) is 18.3 Å². The van der Waals surface area contributed by atoms with Crippen LogP contribution in [0.1, 0.15) is 18.7 Å². The number of rotatable bonds is 3. The lowest BCUT2D eigenvalue weighted by molar-refractivity contribution is 0.195. The smallest absolute Gasteiger partial charge is 0.153 e. The van der Waals surface area contributed by atoms with Crippen molar-refractivity contribution in [3.05, 3.63) is 41.4 Å². The van der Waals surface area contributed by atoms with Crippen LogP contribution in [0.3, 0.4) is 0 Å². The topological polar surface area (TPSA) is 71.2 Å². The monoisotopic (exact) mass is 318 g/mol. The maximum Gasteiger partial charge on any atom is 0.153 e. The molecule has 0 amide bonds. The zero-order chi connectivity index (χ0) is 15.5. The molecule has 1 fully saturated rings. The van der Waals surface area contributed by atoms with Crippen LogP contribution in [0, 0.1) is 0 Å². The summed E-state index contributed by atoms with van der Waals surface area (Å²) in [7, 11) is 0. The number of hydrogen-bond donors (Lipinski definition) is 1. The summed E-state index contributed by atoms with van der Waals surface area (Å²) in [5.74, 6) is 1.05. The molecule has 1 unspecified atom stereocenters. The molecule has 0 bridgehead atoms. The molecule has 2 aromatic heterocycles. The zero-order valence-corrected chi connectivity index (χ0v) is 13.2. The van der Waals surface area contributed by atoms with E-state index in [9.17, 15) is 0 Å². The van der Waals surface area contributed by atoms with Crippen molar-refractivity contribution < 1.29 is 0 Å². The van der Waals surface area contributed by atoms with Crippen molar-refractivity contribution in [3.8, 4) is 0 Å². The quantitative estimate of drug-likeness (QED) is 0.933. The first-order valence-electron chi connectivity index (χ1n) is 7.32. The maximum absolute atomic E-state index is 6.21. The fraction of sp³-hybridized carbons (Fsp3) is 0.400. The number of aromatic nitrogens is 3. The van der Waals surface area contributed by atoms with Gasteiger partial charge in [-0.25, -0.2) is 9.97 Å². The Morgan fingerprint density at radius 2 is 1.91 bits per heavy atom. The van der Waals surface area contributed by atoms with E-state index < -0.39 is 0 Å². The van der Waals surface area contributed by atoms with Gasteiger partial charge < -0.3 is 10.6 Å². The van der Waals surface area contributed by atoms with Gasteiger partial charge in [-0.2, -0.15) is 0 Å². The standard InChI is InChI=1S/C15H19ClN6/c1-11(12-4-2-3-5-18-12)21-6-8-22(9-7-21)15-13(16)14(17)19-10-20-15/h2-5,10-11H,6-9H2,1H3,(H2,17,19,20). The predicted octanol–water partition coefficient (Wildman–Crippen LogP) is 1.99. The summed E-state index contributed by atoms with van der Waals surface area (Å²) in [4.78, 5) is 17.2. The molecule has 7 heteroatoms. The van der Waals surface area contributed by atoms with Crippen LogP contribution in [-0.2, 0) is 0 Å². The Morgan fingerprint density at radius 1 is 1.14 bits per heavy atom.